The number of carbonyl (C=O) groups excluding carboxylic acids is 1. The topological polar surface area (TPSA) is 56.4 Å². The molecule has 1 aliphatic rings. The summed E-state index contributed by atoms with van der Waals surface area (Å²) in [6.45, 7) is 12.1. The molecule has 18 heavy (non-hydrogen) atoms. The zero-order valence-corrected chi connectivity index (χ0v) is 11.8. The summed E-state index contributed by atoms with van der Waals surface area (Å²) in [7, 11) is 0. The van der Waals surface area contributed by atoms with Gasteiger partial charge in [0.25, 0.3) is 0 Å². The van der Waals surface area contributed by atoms with E-state index >= 15 is 0 Å². The molecule has 3 N–H and O–H groups in total. The van der Waals surface area contributed by atoms with Gasteiger partial charge in [-0.25, -0.2) is 4.79 Å². The third-order valence-corrected chi connectivity index (χ3v) is 2.72. The van der Waals surface area contributed by atoms with Crippen molar-refractivity contribution >= 4 is 6.03 Å². The maximum atomic E-state index is 11.5. The number of hydrogen-bond acceptors (Lipinski definition) is 3. The Morgan fingerprint density at radius 2 is 2.00 bits per heavy atom. The molecule has 0 bridgehead atoms. The maximum Gasteiger partial charge on any atom is 0.318 e. The lowest BCUT2D eigenvalue weighted by Gasteiger charge is -2.27. The zero-order valence-electron chi connectivity index (χ0n) is 11.8. The molecule has 1 saturated heterocycles. The van der Waals surface area contributed by atoms with Crippen LogP contribution >= 0.6 is 0 Å². The molecule has 0 spiro atoms. The Hall–Kier alpha value is -1.07. The SMILES string of the molecule is CC(C)(C)/C=C/NC(=O)NCCN1CCNCC1. The van der Waals surface area contributed by atoms with E-state index in [-0.39, 0.29) is 11.4 Å². The van der Waals surface area contributed by atoms with E-state index in [0.29, 0.717) is 6.54 Å². The summed E-state index contributed by atoms with van der Waals surface area (Å²) in [6, 6.07) is -0.134. The smallest absolute Gasteiger partial charge is 0.318 e. The van der Waals surface area contributed by atoms with E-state index in [1.807, 2.05) is 6.08 Å². The van der Waals surface area contributed by atoms with Gasteiger partial charge in [-0.15, -0.1) is 0 Å². The number of hydrogen-bond donors (Lipinski definition) is 3. The number of rotatable bonds is 4. The number of carbonyl (C=O) groups is 1. The monoisotopic (exact) mass is 254 g/mol. The number of allylic oxidation sites excluding steroid dienone is 1. The molecule has 0 unspecified atom stereocenters. The lowest BCUT2D eigenvalue weighted by molar-refractivity contribution is 0.229. The molecule has 0 saturated carbocycles. The van der Waals surface area contributed by atoms with Gasteiger partial charge in [0, 0.05) is 45.5 Å². The third-order valence-electron chi connectivity index (χ3n) is 2.72. The summed E-state index contributed by atoms with van der Waals surface area (Å²) in [5.41, 5.74) is 0.0914. The van der Waals surface area contributed by atoms with Crippen LogP contribution in [0.1, 0.15) is 20.8 Å². The van der Waals surface area contributed by atoms with E-state index in [4.69, 9.17) is 0 Å². The molecule has 1 fully saturated rings. The Bertz CT molecular complexity index is 277. The largest absolute Gasteiger partial charge is 0.337 e. The average molecular weight is 254 g/mol. The van der Waals surface area contributed by atoms with E-state index in [0.717, 1.165) is 32.7 Å². The van der Waals surface area contributed by atoms with Crippen molar-refractivity contribution in [3.8, 4) is 0 Å². The molecule has 0 radical (unpaired) electrons. The van der Waals surface area contributed by atoms with Crippen LogP contribution in [-0.2, 0) is 0 Å². The predicted molar refractivity (Wildman–Crippen MR) is 74.4 cm³/mol. The zero-order chi connectivity index (χ0) is 13.4. The van der Waals surface area contributed by atoms with Crippen LogP contribution in [0.3, 0.4) is 0 Å². The second-order valence-electron chi connectivity index (χ2n) is 5.69. The predicted octanol–water partition coefficient (Wildman–Crippen LogP) is 0.751. The molecular formula is C13H26N4O. The Kier molecular flexibility index (Phi) is 6.15. The summed E-state index contributed by atoms with van der Waals surface area (Å²) >= 11 is 0. The molecule has 1 heterocycles. The van der Waals surface area contributed by atoms with Crippen molar-refractivity contribution < 1.29 is 4.79 Å². The summed E-state index contributed by atoms with van der Waals surface area (Å²) in [5, 5.41) is 8.87. The second kappa shape index (κ2) is 7.38. The lowest BCUT2D eigenvalue weighted by atomic mass is 9.97. The van der Waals surface area contributed by atoms with Gasteiger partial charge in [0.15, 0.2) is 0 Å². The lowest BCUT2D eigenvalue weighted by Crippen LogP contribution is -2.46. The van der Waals surface area contributed by atoms with Gasteiger partial charge in [-0.2, -0.15) is 0 Å². The number of nitrogens with one attached hydrogen (secondary N) is 3. The Morgan fingerprint density at radius 3 is 2.61 bits per heavy atom. The van der Waals surface area contributed by atoms with Crippen molar-refractivity contribution in [3.63, 3.8) is 0 Å². The number of amides is 2. The van der Waals surface area contributed by atoms with Crippen LogP contribution < -0.4 is 16.0 Å². The molecule has 0 aromatic heterocycles. The van der Waals surface area contributed by atoms with E-state index in [9.17, 15) is 4.79 Å². The van der Waals surface area contributed by atoms with Crippen LogP contribution in [0.15, 0.2) is 12.3 Å². The maximum absolute atomic E-state index is 11.5. The van der Waals surface area contributed by atoms with Gasteiger partial charge in [0.1, 0.15) is 0 Å². The van der Waals surface area contributed by atoms with Crippen LogP contribution in [0.2, 0.25) is 0 Å². The summed E-state index contributed by atoms with van der Waals surface area (Å²) in [6.07, 6.45) is 3.68. The molecule has 5 heteroatoms. The van der Waals surface area contributed by atoms with E-state index in [2.05, 4.69) is 41.6 Å². The van der Waals surface area contributed by atoms with E-state index in [1.165, 1.54) is 0 Å². The van der Waals surface area contributed by atoms with Crippen LogP contribution in [-0.4, -0.2) is 50.2 Å². The van der Waals surface area contributed by atoms with Gasteiger partial charge in [-0.05, 0) is 5.41 Å². The van der Waals surface area contributed by atoms with Crippen molar-refractivity contribution in [2.24, 2.45) is 5.41 Å². The fraction of sp³-hybridized carbons (Fsp3) is 0.769. The van der Waals surface area contributed by atoms with Gasteiger partial charge in [0.05, 0.1) is 0 Å². The molecule has 1 aliphatic heterocycles. The van der Waals surface area contributed by atoms with E-state index < -0.39 is 0 Å². The van der Waals surface area contributed by atoms with Crippen LogP contribution in [0.25, 0.3) is 0 Å². The summed E-state index contributed by atoms with van der Waals surface area (Å²) in [5.74, 6) is 0. The highest BCUT2D eigenvalue weighted by Gasteiger charge is 2.09. The minimum atomic E-state index is -0.134. The Morgan fingerprint density at radius 1 is 1.33 bits per heavy atom. The quantitative estimate of drug-likeness (QED) is 0.694. The first kappa shape index (κ1) is 15.0. The number of urea groups is 1. The molecule has 1 rings (SSSR count). The van der Waals surface area contributed by atoms with E-state index in [1.54, 1.807) is 6.20 Å². The van der Waals surface area contributed by atoms with Crippen LogP contribution in [0.4, 0.5) is 4.79 Å². The number of nitrogens with zero attached hydrogens (tertiary/aromatic N) is 1. The summed E-state index contributed by atoms with van der Waals surface area (Å²) in [4.78, 5) is 13.8. The average Bonchev–Trinajstić information content (AvgIpc) is 2.28. The van der Waals surface area contributed by atoms with Gasteiger partial charge < -0.3 is 16.0 Å². The minimum absolute atomic E-state index is 0.0914. The highest BCUT2D eigenvalue weighted by molar-refractivity contribution is 5.74. The highest BCUT2D eigenvalue weighted by atomic mass is 16.2. The van der Waals surface area contributed by atoms with Gasteiger partial charge in [-0.1, -0.05) is 26.8 Å². The molecule has 104 valence electrons. The van der Waals surface area contributed by atoms with Crippen LogP contribution in [0.5, 0.6) is 0 Å². The first-order chi connectivity index (χ1) is 8.47. The standard InChI is InChI=1S/C13H26N4O/c1-13(2,3)4-5-15-12(18)16-8-11-17-9-6-14-7-10-17/h4-5,14H,6-11H2,1-3H3,(H2,15,16,18)/b5-4+. The van der Waals surface area contributed by atoms with Gasteiger partial charge in [-0.3, -0.25) is 4.90 Å². The minimum Gasteiger partial charge on any atom is -0.337 e. The highest BCUT2D eigenvalue weighted by Crippen LogP contribution is 2.13. The molecule has 0 aromatic rings. The van der Waals surface area contributed by atoms with Crippen molar-refractivity contribution in [2.75, 3.05) is 39.3 Å². The number of piperazine rings is 1. The van der Waals surface area contributed by atoms with Gasteiger partial charge in [0.2, 0.25) is 0 Å². The molecule has 2 amide bonds. The first-order valence-electron chi connectivity index (χ1n) is 6.62. The van der Waals surface area contributed by atoms with Gasteiger partial charge >= 0.3 is 6.03 Å². The van der Waals surface area contributed by atoms with Crippen molar-refractivity contribution in [1.82, 2.24) is 20.9 Å². The fourth-order valence-corrected chi connectivity index (χ4v) is 1.68. The molecule has 0 aromatic carbocycles. The summed E-state index contributed by atoms with van der Waals surface area (Å²) < 4.78 is 0. The normalized spacial score (nSPS) is 17.9. The second-order valence-corrected chi connectivity index (χ2v) is 5.69. The first-order valence-corrected chi connectivity index (χ1v) is 6.62. The Balaban J connectivity index is 2.08. The molecule has 5 nitrogen and oxygen atoms in total. The Labute approximate surface area is 110 Å². The molecule has 0 aliphatic carbocycles. The van der Waals surface area contributed by atoms with Crippen LogP contribution in [0, 0.1) is 5.41 Å². The van der Waals surface area contributed by atoms with Crippen molar-refractivity contribution in [2.45, 2.75) is 20.8 Å². The third kappa shape index (κ3) is 7.29. The molecule has 0 atom stereocenters. The van der Waals surface area contributed by atoms with Crippen molar-refractivity contribution in [3.05, 3.63) is 12.3 Å². The fourth-order valence-electron chi connectivity index (χ4n) is 1.68. The molecular weight excluding hydrogens is 228 g/mol. The van der Waals surface area contributed by atoms with Crippen molar-refractivity contribution in [1.29, 1.82) is 0 Å².